The first-order valence-corrected chi connectivity index (χ1v) is 13.1. The molecule has 2 N–H and O–H groups in total. The van der Waals surface area contributed by atoms with Gasteiger partial charge in [0, 0.05) is 17.7 Å². The summed E-state index contributed by atoms with van der Waals surface area (Å²) in [7, 11) is 0. The Kier molecular flexibility index (Phi) is 8.43. The number of rotatable bonds is 3. The number of carbonyl (C=O) groups excluding carboxylic acids is 1. The lowest BCUT2D eigenvalue weighted by Gasteiger charge is -2.24. The lowest BCUT2D eigenvalue weighted by Crippen LogP contribution is -2.24. The van der Waals surface area contributed by atoms with E-state index in [1.54, 1.807) is 0 Å². The van der Waals surface area contributed by atoms with Crippen LogP contribution in [0.15, 0.2) is 18.5 Å². The van der Waals surface area contributed by atoms with Crippen LogP contribution in [0.25, 0.3) is 11.0 Å². The van der Waals surface area contributed by atoms with Crippen LogP contribution in [0.5, 0.6) is 0 Å². The highest BCUT2D eigenvalue weighted by Crippen LogP contribution is 2.38. The first-order valence-electron chi connectivity index (χ1n) is 13.1. The zero-order valence-electron chi connectivity index (χ0n) is 19.3. The largest absolute Gasteiger partial charge is 0.360 e. The average Bonchev–Trinajstić information content (AvgIpc) is 3.30. The summed E-state index contributed by atoms with van der Waals surface area (Å²) in [6.45, 7) is 0. The smallest absolute Gasteiger partial charge is 0.227 e. The molecule has 0 saturated heterocycles. The normalized spacial score (nSPS) is 21.2. The van der Waals surface area contributed by atoms with Gasteiger partial charge in [-0.2, -0.15) is 0 Å². The van der Waals surface area contributed by atoms with Gasteiger partial charge in [-0.3, -0.25) is 9.78 Å². The van der Waals surface area contributed by atoms with E-state index in [1.807, 2.05) is 12.4 Å². The molecule has 0 spiro atoms. The minimum atomic E-state index is 0.148. The Morgan fingerprint density at radius 3 is 1.97 bits per heavy atom. The molecule has 0 aromatic carbocycles. The third kappa shape index (κ3) is 6.11. The van der Waals surface area contributed by atoms with Gasteiger partial charge in [0.2, 0.25) is 5.91 Å². The number of fused-ring (bicyclic) bond motifs is 1. The number of nitrogens with one attached hydrogen (secondary N) is 2. The minimum absolute atomic E-state index is 0.148. The summed E-state index contributed by atoms with van der Waals surface area (Å²) >= 11 is 0. The van der Waals surface area contributed by atoms with Crippen molar-refractivity contribution in [2.45, 2.75) is 115 Å². The summed E-state index contributed by atoms with van der Waals surface area (Å²) in [5.41, 5.74) is 4.43. The number of pyridine rings is 1. The maximum Gasteiger partial charge on any atom is 0.227 e. The lowest BCUT2D eigenvalue weighted by molar-refractivity contribution is -0.120. The van der Waals surface area contributed by atoms with Gasteiger partial charge in [0.15, 0.2) is 0 Å². The maximum atomic E-state index is 13.3. The molecule has 2 aliphatic carbocycles. The van der Waals surface area contributed by atoms with Crippen molar-refractivity contribution < 1.29 is 4.79 Å². The Balaban J connectivity index is 1.57. The number of anilines is 1. The van der Waals surface area contributed by atoms with Crippen LogP contribution < -0.4 is 5.32 Å². The number of hydrogen-bond acceptors (Lipinski definition) is 2. The molecule has 4 heteroatoms. The molecule has 2 aliphatic rings. The number of aromatic nitrogens is 2. The number of carbonyl (C=O) groups is 1. The quantitative estimate of drug-likeness (QED) is 0.528. The fourth-order valence-electron chi connectivity index (χ4n) is 5.77. The molecule has 4 rings (SSSR count). The van der Waals surface area contributed by atoms with E-state index in [-0.39, 0.29) is 11.8 Å². The van der Waals surface area contributed by atoms with Crippen molar-refractivity contribution in [1.82, 2.24) is 9.97 Å². The van der Waals surface area contributed by atoms with Gasteiger partial charge in [-0.15, -0.1) is 0 Å². The molecule has 31 heavy (non-hydrogen) atoms. The Morgan fingerprint density at radius 1 is 0.806 bits per heavy atom. The first-order chi connectivity index (χ1) is 15.3. The molecule has 0 aliphatic heterocycles. The molecule has 170 valence electrons. The van der Waals surface area contributed by atoms with E-state index < -0.39 is 0 Å². The summed E-state index contributed by atoms with van der Waals surface area (Å²) in [6, 6.07) is 2.06. The third-order valence-electron chi connectivity index (χ3n) is 7.61. The fraction of sp³-hybridized carbons (Fsp3) is 0.704. The van der Waals surface area contributed by atoms with Crippen LogP contribution >= 0.6 is 0 Å². The van der Waals surface area contributed by atoms with Crippen molar-refractivity contribution in [3.05, 3.63) is 24.0 Å². The molecule has 0 bridgehead atoms. The highest BCUT2D eigenvalue weighted by molar-refractivity contribution is 5.96. The molecule has 0 atom stereocenters. The maximum absolute atomic E-state index is 13.3. The fourth-order valence-corrected chi connectivity index (χ4v) is 5.77. The molecule has 4 nitrogen and oxygen atoms in total. The standard InChI is InChI=1S/C27H41N3O/c31-27(22-16-12-8-4-5-9-13-17-22)30-24-20-29-23-18-19-28-26(23)25(24)21-14-10-6-2-1-3-7-11-15-21/h18-22,28H,1-17H2,(H,30,31). The van der Waals surface area contributed by atoms with Crippen LogP contribution in [0.3, 0.4) is 0 Å². The predicted molar refractivity (Wildman–Crippen MR) is 129 cm³/mol. The summed E-state index contributed by atoms with van der Waals surface area (Å²) < 4.78 is 0. The highest BCUT2D eigenvalue weighted by Gasteiger charge is 2.24. The van der Waals surface area contributed by atoms with Gasteiger partial charge in [-0.1, -0.05) is 83.5 Å². The topological polar surface area (TPSA) is 57.8 Å². The number of hydrogen-bond donors (Lipinski definition) is 2. The van der Waals surface area contributed by atoms with Gasteiger partial charge in [0.05, 0.1) is 22.9 Å². The Hall–Kier alpha value is -1.84. The van der Waals surface area contributed by atoms with Gasteiger partial charge in [-0.05, 0) is 37.7 Å². The Bertz CT molecular complexity index is 807. The monoisotopic (exact) mass is 423 g/mol. The Morgan fingerprint density at radius 2 is 1.35 bits per heavy atom. The summed E-state index contributed by atoms with van der Waals surface area (Å²) in [5, 5.41) is 3.37. The van der Waals surface area contributed by atoms with Crippen LogP contribution in [0.2, 0.25) is 0 Å². The molecule has 0 unspecified atom stereocenters. The molecule has 0 radical (unpaired) electrons. The molecule has 2 fully saturated rings. The van der Waals surface area contributed by atoms with Crippen molar-refractivity contribution in [2.75, 3.05) is 5.32 Å². The SMILES string of the molecule is O=C(Nc1cnc2cc[nH]c2c1C1CCCCCCCCC1)C1CCCCCCCC1. The average molecular weight is 424 g/mol. The Labute approximate surface area is 188 Å². The molecule has 1 amide bonds. The second-order valence-electron chi connectivity index (χ2n) is 9.96. The first kappa shape index (κ1) is 22.4. The minimum Gasteiger partial charge on any atom is -0.360 e. The zero-order valence-corrected chi connectivity index (χ0v) is 19.3. The highest BCUT2D eigenvalue weighted by atomic mass is 16.1. The van der Waals surface area contributed by atoms with E-state index in [1.165, 1.54) is 102 Å². The van der Waals surface area contributed by atoms with Crippen molar-refractivity contribution in [1.29, 1.82) is 0 Å². The van der Waals surface area contributed by atoms with Crippen molar-refractivity contribution >= 4 is 22.6 Å². The van der Waals surface area contributed by atoms with E-state index in [0.29, 0.717) is 5.92 Å². The van der Waals surface area contributed by atoms with Gasteiger partial charge >= 0.3 is 0 Å². The van der Waals surface area contributed by atoms with Crippen LogP contribution in [0, 0.1) is 5.92 Å². The number of aromatic amines is 1. The van der Waals surface area contributed by atoms with Gasteiger partial charge in [0.1, 0.15) is 0 Å². The van der Waals surface area contributed by atoms with Gasteiger partial charge in [0.25, 0.3) is 0 Å². The summed E-state index contributed by atoms with van der Waals surface area (Å²) in [6.07, 6.45) is 25.3. The molecule has 2 saturated carbocycles. The van der Waals surface area contributed by atoms with Crippen molar-refractivity contribution in [3.8, 4) is 0 Å². The van der Waals surface area contributed by atoms with E-state index >= 15 is 0 Å². The number of nitrogens with zero attached hydrogens (tertiary/aromatic N) is 1. The molecule has 2 aromatic heterocycles. The lowest BCUT2D eigenvalue weighted by atomic mass is 9.85. The summed E-state index contributed by atoms with van der Waals surface area (Å²) in [5.74, 6) is 0.864. The van der Waals surface area contributed by atoms with Crippen molar-refractivity contribution in [3.63, 3.8) is 0 Å². The zero-order chi connectivity index (χ0) is 21.3. The second-order valence-corrected chi connectivity index (χ2v) is 9.96. The van der Waals surface area contributed by atoms with Crippen LogP contribution in [0.1, 0.15) is 121 Å². The van der Waals surface area contributed by atoms with E-state index in [0.717, 1.165) is 29.6 Å². The molecule has 2 aromatic rings. The predicted octanol–water partition coefficient (Wildman–Crippen LogP) is 7.86. The van der Waals surface area contributed by atoms with Crippen LogP contribution in [-0.4, -0.2) is 15.9 Å². The van der Waals surface area contributed by atoms with Gasteiger partial charge < -0.3 is 10.3 Å². The molecular formula is C27H41N3O. The molecular weight excluding hydrogens is 382 g/mol. The van der Waals surface area contributed by atoms with Crippen LogP contribution in [0.4, 0.5) is 5.69 Å². The third-order valence-corrected chi connectivity index (χ3v) is 7.61. The second kappa shape index (κ2) is 11.7. The van der Waals surface area contributed by atoms with Crippen LogP contribution in [-0.2, 0) is 4.79 Å². The van der Waals surface area contributed by atoms with Crippen molar-refractivity contribution in [2.24, 2.45) is 5.92 Å². The number of H-pyrrole nitrogens is 1. The van der Waals surface area contributed by atoms with E-state index in [2.05, 4.69) is 21.4 Å². The summed E-state index contributed by atoms with van der Waals surface area (Å²) in [4.78, 5) is 21.5. The van der Waals surface area contributed by atoms with E-state index in [4.69, 9.17) is 0 Å². The van der Waals surface area contributed by atoms with E-state index in [9.17, 15) is 4.79 Å². The van der Waals surface area contributed by atoms with Gasteiger partial charge in [-0.25, -0.2) is 0 Å². The molecule has 2 heterocycles. The number of amides is 1.